The third-order valence-electron chi connectivity index (χ3n) is 2.37. The molecule has 1 aromatic rings. The molecule has 1 aliphatic rings. The average molecular weight is 211 g/mol. The molecule has 15 heavy (non-hydrogen) atoms. The lowest BCUT2D eigenvalue weighted by Gasteiger charge is -2.10. The quantitative estimate of drug-likeness (QED) is 0.825. The molecule has 4 heteroatoms. The summed E-state index contributed by atoms with van der Waals surface area (Å²) in [5, 5.41) is 0. The number of hydrogen-bond acceptors (Lipinski definition) is 3. The van der Waals surface area contributed by atoms with Crippen LogP contribution < -0.4 is 5.73 Å². The van der Waals surface area contributed by atoms with Crippen LogP contribution in [0.25, 0.3) is 0 Å². The van der Waals surface area contributed by atoms with E-state index in [1.54, 1.807) is 6.07 Å². The van der Waals surface area contributed by atoms with E-state index in [4.69, 9.17) is 15.2 Å². The minimum atomic E-state index is -0.252. The normalized spacial score (nSPS) is 25.7. The van der Waals surface area contributed by atoms with Crippen LogP contribution in [0.2, 0.25) is 0 Å². The van der Waals surface area contributed by atoms with Gasteiger partial charge in [-0.1, -0.05) is 12.1 Å². The number of benzene rings is 1. The molecule has 0 spiro atoms. The maximum Gasteiger partial charge on any atom is 0.159 e. The van der Waals surface area contributed by atoms with Crippen molar-refractivity contribution >= 4 is 0 Å². The summed E-state index contributed by atoms with van der Waals surface area (Å²) in [4.78, 5) is 0. The average Bonchev–Trinajstić information content (AvgIpc) is 2.67. The van der Waals surface area contributed by atoms with Crippen LogP contribution >= 0.6 is 0 Å². The van der Waals surface area contributed by atoms with Gasteiger partial charge in [0.2, 0.25) is 0 Å². The molecule has 2 N–H and O–H groups in total. The van der Waals surface area contributed by atoms with Crippen molar-refractivity contribution in [3.63, 3.8) is 0 Å². The maximum absolute atomic E-state index is 12.9. The Morgan fingerprint density at radius 3 is 3.07 bits per heavy atom. The first kappa shape index (κ1) is 10.5. The van der Waals surface area contributed by atoms with Crippen molar-refractivity contribution in [2.75, 3.05) is 13.2 Å². The van der Waals surface area contributed by atoms with Crippen LogP contribution in [-0.4, -0.2) is 19.4 Å². The molecule has 0 saturated carbocycles. The predicted molar refractivity (Wildman–Crippen MR) is 53.6 cm³/mol. The first-order valence-electron chi connectivity index (χ1n) is 5.02. The lowest BCUT2D eigenvalue weighted by Crippen LogP contribution is -2.14. The summed E-state index contributed by atoms with van der Waals surface area (Å²) in [5.41, 5.74) is 6.21. The number of nitrogens with two attached hydrogens (primary N) is 1. The lowest BCUT2D eigenvalue weighted by molar-refractivity contribution is -0.0606. The molecular weight excluding hydrogens is 197 g/mol. The highest BCUT2D eigenvalue weighted by Crippen LogP contribution is 2.27. The Morgan fingerprint density at radius 2 is 2.33 bits per heavy atom. The molecule has 0 aliphatic carbocycles. The molecule has 0 bridgehead atoms. The van der Waals surface area contributed by atoms with E-state index in [1.165, 1.54) is 12.1 Å². The summed E-state index contributed by atoms with van der Waals surface area (Å²) in [7, 11) is 0. The Labute approximate surface area is 88.0 Å². The molecule has 1 fully saturated rings. The van der Waals surface area contributed by atoms with Crippen molar-refractivity contribution < 1.29 is 13.9 Å². The summed E-state index contributed by atoms with van der Waals surface area (Å²) in [6.45, 7) is 0.995. The van der Waals surface area contributed by atoms with Crippen LogP contribution in [0, 0.1) is 5.82 Å². The zero-order valence-electron chi connectivity index (χ0n) is 8.36. The molecule has 1 heterocycles. The maximum atomic E-state index is 12.9. The molecule has 0 aromatic heterocycles. The lowest BCUT2D eigenvalue weighted by atomic mass is 10.1. The van der Waals surface area contributed by atoms with Crippen LogP contribution in [0.4, 0.5) is 4.39 Å². The standard InChI is InChI=1S/C11H14FNO2/c12-9-3-1-2-8(6-9)10-7-14-11(15-10)4-5-13/h1-3,6,10-11H,4-5,7,13H2. The molecule has 3 nitrogen and oxygen atoms in total. The third kappa shape index (κ3) is 2.53. The van der Waals surface area contributed by atoms with Gasteiger partial charge in [0, 0.05) is 6.42 Å². The van der Waals surface area contributed by atoms with Crippen molar-refractivity contribution in [1.29, 1.82) is 0 Å². The van der Waals surface area contributed by atoms with Gasteiger partial charge in [-0.2, -0.15) is 0 Å². The fourth-order valence-corrected chi connectivity index (χ4v) is 1.63. The van der Waals surface area contributed by atoms with Crippen molar-refractivity contribution in [3.8, 4) is 0 Å². The smallest absolute Gasteiger partial charge is 0.159 e. The molecule has 1 saturated heterocycles. The highest BCUT2D eigenvalue weighted by Gasteiger charge is 2.26. The molecule has 82 valence electrons. The van der Waals surface area contributed by atoms with Gasteiger partial charge >= 0.3 is 0 Å². The number of hydrogen-bond donors (Lipinski definition) is 1. The van der Waals surface area contributed by atoms with Crippen molar-refractivity contribution in [1.82, 2.24) is 0 Å². The van der Waals surface area contributed by atoms with Crippen molar-refractivity contribution in [2.45, 2.75) is 18.8 Å². The van der Waals surface area contributed by atoms with E-state index in [2.05, 4.69) is 0 Å². The molecular formula is C11H14FNO2. The summed E-state index contributed by atoms with van der Waals surface area (Å²) in [6, 6.07) is 6.39. The molecule has 2 atom stereocenters. The first-order valence-corrected chi connectivity index (χ1v) is 5.02. The summed E-state index contributed by atoms with van der Waals surface area (Å²) < 4.78 is 23.9. The van der Waals surface area contributed by atoms with Crippen LogP contribution in [0.3, 0.4) is 0 Å². The van der Waals surface area contributed by atoms with Gasteiger partial charge in [-0.05, 0) is 24.2 Å². The van der Waals surface area contributed by atoms with Gasteiger partial charge in [-0.25, -0.2) is 4.39 Å². The third-order valence-corrected chi connectivity index (χ3v) is 2.37. The van der Waals surface area contributed by atoms with Gasteiger partial charge in [0.05, 0.1) is 6.61 Å². The van der Waals surface area contributed by atoms with E-state index < -0.39 is 0 Å². The first-order chi connectivity index (χ1) is 7.29. The van der Waals surface area contributed by atoms with E-state index in [0.29, 0.717) is 19.6 Å². The largest absolute Gasteiger partial charge is 0.350 e. The van der Waals surface area contributed by atoms with Gasteiger partial charge in [0.15, 0.2) is 6.29 Å². The van der Waals surface area contributed by atoms with E-state index in [9.17, 15) is 4.39 Å². The molecule has 0 radical (unpaired) electrons. The zero-order chi connectivity index (χ0) is 10.7. The van der Waals surface area contributed by atoms with E-state index >= 15 is 0 Å². The highest BCUT2D eigenvalue weighted by molar-refractivity contribution is 5.19. The molecule has 2 rings (SSSR count). The molecule has 0 amide bonds. The minimum absolute atomic E-state index is 0.169. The Bertz CT molecular complexity index is 332. The van der Waals surface area contributed by atoms with Gasteiger partial charge in [-0.3, -0.25) is 0 Å². The summed E-state index contributed by atoms with van der Waals surface area (Å²) in [5.74, 6) is -0.252. The highest BCUT2D eigenvalue weighted by atomic mass is 19.1. The van der Waals surface area contributed by atoms with Gasteiger partial charge in [0.25, 0.3) is 0 Å². The van der Waals surface area contributed by atoms with Crippen molar-refractivity contribution in [2.24, 2.45) is 5.73 Å². The Kier molecular flexibility index (Phi) is 3.30. The number of halogens is 1. The van der Waals surface area contributed by atoms with Crippen LogP contribution in [0.15, 0.2) is 24.3 Å². The van der Waals surface area contributed by atoms with E-state index in [0.717, 1.165) is 5.56 Å². The van der Waals surface area contributed by atoms with Gasteiger partial charge < -0.3 is 15.2 Å². The predicted octanol–water partition coefficient (Wildman–Crippen LogP) is 1.59. The Morgan fingerprint density at radius 1 is 1.47 bits per heavy atom. The second kappa shape index (κ2) is 4.70. The summed E-state index contributed by atoms with van der Waals surface area (Å²) in [6.07, 6.45) is 0.256. The zero-order valence-corrected chi connectivity index (χ0v) is 8.36. The fraction of sp³-hybridized carbons (Fsp3) is 0.455. The minimum Gasteiger partial charge on any atom is -0.350 e. The van der Waals surface area contributed by atoms with Crippen LogP contribution in [0.1, 0.15) is 18.1 Å². The molecule has 1 aromatic carbocycles. The van der Waals surface area contributed by atoms with E-state index in [1.807, 2.05) is 6.07 Å². The second-order valence-corrected chi connectivity index (χ2v) is 3.52. The fourth-order valence-electron chi connectivity index (χ4n) is 1.63. The second-order valence-electron chi connectivity index (χ2n) is 3.52. The number of ether oxygens (including phenoxy) is 2. The van der Waals surface area contributed by atoms with Gasteiger partial charge in [-0.15, -0.1) is 0 Å². The Balaban J connectivity index is 2.01. The van der Waals surface area contributed by atoms with Crippen LogP contribution in [-0.2, 0) is 9.47 Å². The van der Waals surface area contributed by atoms with E-state index in [-0.39, 0.29) is 18.2 Å². The van der Waals surface area contributed by atoms with Crippen molar-refractivity contribution in [3.05, 3.63) is 35.6 Å². The number of rotatable bonds is 3. The summed E-state index contributed by atoms with van der Waals surface area (Å²) >= 11 is 0. The van der Waals surface area contributed by atoms with Gasteiger partial charge in [0.1, 0.15) is 11.9 Å². The van der Waals surface area contributed by atoms with Crippen LogP contribution in [0.5, 0.6) is 0 Å². The SMILES string of the molecule is NCCC1OCC(c2cccc(F)c2)O1. The topological polar surface area (TPSA) is 44.5 Å². The molecule has 1 aliphatic heterocycles. The molecule has 2 unspecified atom stereocenters. The Hall–Kier alpha value is -0.970. The monoisotopic (exact) mass is 211 g/mol.